The number of carbonyl (C=O) groups excluding carboxylic acids is 1. The lowest BCUT2D eigenvalue weighted by Gasteiger charge is -2.19. The highest BCUT2D eigenvalue weighted by molar-refractivity contribution is 5.88. The third-order valence-corrected chi connectivity index (χ3v) is 2.39. The van der Waals surface area contributed by atoms with Crippen molar-refractivity contribution >= 4 is 5.78 Å². The minimum atomic E-state index is -1.06. The molecule has 1 saturated carbocycles. The molecule has 0 spiro atoms. The molecule has 1 aliphatic carbocycles. The molecule has 0 saturated heterocycles. The van der Waals surface area contributed by atoms with Crippen molar-refractivity contribution in [2.45, 2.75) is 38.2 Å². The molecule has 0 bridgehead atoms. The number of ether oxygens (including phenoxy) is 1. The van der Waals surface area contributed by atoms with Gasteiger partial charge in [-0.1, -0.05) is 0 Å². The molecule has 1 fully saturated rings. The quantitative estimate of drug-likeness (QED) is 0.685. The van der Waals surface area contributed by atoms with Gasteiger partial charge in [0.2, 0.25) is 0 Å². The van der Waals surface area contributed by atoms with Gasteiger partial charge < -0.3 is 9.84 Å². The summed E-state index contributed by atoms with van der Waals surface area (Å²) in [5, 5.41) is 9.76. The monoisotopic (exact) mass is 172 g/mol. The molecule has 0 aromatic heterocycles. The van der Waals surface area contributed by atoms with Crippen molar-refractivity contribution in [3.05, 3.63) is 0 Å². The number of rotatable bonds is 4. The van der Waals surface area contributed by atoms with Crippen LogP contribution in [0.5, 0.6) is 0 Å². The molecular weight excluding hydrogens is 156 g/mol. The van der Waals surface area contributed by atoms with Crippen LogP contribution < -0.4 is 0 Å². The molecule has 12 heavy (non-hydrogen) atoms. The standard InChI is InChI=1S/C9H16O3/c1-2-12-7-8(10)9(11)5-3-4-6-9/h11H,2-7H2,1H3. The highest BCUT2D eigenvalue weighted by Crippen LogP contribution is 2.30. The van der Waals surface area contributed by atoms with E-state index in [1.165, 1.54) is 0 Å². The molecule has 1 rings (SSSR count). The fourth-order valence-electron chi connectivity index (χ4n) is 1.57. The van der Waals surface area contributed by atoms with Gasteiger partial charge in [0, 0.05) is 6.61 Å². The molecule has 1 N–H and O–H groups in total. The molecule has 0 amide bonds. The molecule has 1 aliphatic rings. The van der Waals surface area contributed by atoms with Gasteiger partial charge in [0.15, 0.2) is 5.78 Å². The second-order valence-corrected chi connectivity index (χ2v) is 3.30. The summed E-state index contributed by atoms with van der Waals surface area (Å²) in [6.07, 6.45) is 3.13. The summed E-state index contributed by atoms with van der Waals surface area (Å²) in [6, 6.07) is 0. The number of ketones is 1. The summed E-state index contributed by atoms with van der Waals surface area (Å²) in [5.74, 6) is -0.151. The maximum atomic E-state index is 11.4. The van der Waals surface area contributed by atoms with E-state index in [0.717, 1.165) is 12.8 Å². The number of hydrogen-bond acceptors (Lipinski definition) is 3. The molecule has 0 aromatic carbocycles. The Hall–Kier alpha value is -0.410. The smallest absolute Gasteiger partial charge is 0.189 e. The van der Waals surface area contributed by atoms with Gasteiger partial charge in [-0.3, -0.25) is 4.79 Å². The maximum absolute atomic E-state index is 11.4. The largest absolute Gasteiger partial charge is 0.382 e. The summed E-state index contributed by atoms with van der Waals surface area (Å²) >= 11 is 0. The van der Waals surface area contributed by atoms with E-state index in [2.05, 4.69) is 0 Å². The van der Waals surface area contributed by atoms with Gasteiger partial charge in [-0.05, 0) is 32.6 Å². The van der Waals surface area contributed by atoms with E-state index < -0.39 is 5.60 Å². The van der Waals surface area contributed by atoms with Crippen LogP contribution in [0.15, 0.2) is 0 Å². The first kappa shape index (κ1) is 9.68. The first-order chi connectivity index (χ1) is 5.69. The predicted octanol–water partition coefficient (Wildman–Crippen LogP) is 0.897. The Kier molecular flexibility index (Phi) is 3.23. The van der Waals surface area contributed by atoms with Crippen molar-refractivity contribution in [1.82, 2.24) is 0 Å². The van der Waals surface area contributed by atoms with Crippen LogP contribution in [0.25, 0.3) is 0 Å². The molecule has 3 heteroatoms. The zero-order valence-electron chi connectivity index (χ0n) is 7.51. The Bertz CT molecular complexity index is 159. The zero-order valence-corrected chi connectivity index (χ0v) is 7.51. The van der Waals surface area contributed by atoms with E-state index in [1.807, 2.05) is 6.92 Å². The van der Waals surface area contributed by atoms with Crippen LogP contribution in [0, 0.1) is 0 Å². The minimum Gasteiger partial charge on any atom is -0.382 e. The molecule has 3 nitrogen and oxygen atoms in total. The van der Waals surface area contributed by atoms with Gasteiger partial charge >= 0.3 is 0 Å². The topological polar surface area (TPSA) is 46.5 Å². The van der Waals surface area contributed by atoms with Crippen LogP contribution in [0.3, 0.4) is 0 Å². The van der Waals surface area contributed by atoms with Gasteiger partial charge in [-0.25, -0.2) is 0 Å². The summed E-state index contributed by atoms with van der Waals surface area (Å²) < 4.78 is 4.96. The SMILES string of the molecule is CCOCC(=O)C1(O)CCCC1. The lowest BCUT2D eigenvalue weighted by atomic mass is 9.97. The Morgan fingerprint density at radius 3 is 2.58 bits per heavy atom. The molecule has 0 atom stereocenters. The van der Waals surface area contributed by atoms with E-state index in [9.17, 15) is 9.90 Å². The van der Waals surface area contributed by atoms with Gasteiger partial charge in [0.1, 0.15) is 12.2 Å². The lowest BCUT2D eigenvalue weighted by Crippen LogP contribution is -2.38. The highest BCUT2D eigenvalue weighted by atomic mass is 16.5. The summed E-state index contributed by atoms with van der Waals surface area (Å²) in [4.78, 5) is 11.4. The second-order valence-electron chi connectivity index (χ2n) is 3.30. The van der Waals surface area contributed by atoms with Crippen molar-refractivity contribution in [3.8, 4) is 0 Å². The van der Waals surface area contributed by atoms with Crippen molar-refractivity contribution in [1.29, 1.82) is 0 Å². The molecule has 0 heterocycles. The number of hydrogen-bond donors (Lipinski definition) is 1. The first-order valence-corrected chi connectivity index (χ1v) is 4.52. The Balaban J connectivity index is 2.39. The lowest BCUT2D eigenvalue weighted by molar-refractivity contribution is -0.141. The summed E-state index contributed by atoms with van der Waals surface area (Å²) in [6.45, 7) is 2.43. The van der Waals surface area contributed by atoms with E-state index >= 15 is 0 Å². The van der Waals surface area contributed by atoms with Crippen molar-refractivity contribution in [2.24, 2.45) is 0 Å². The average Bonchev–Trinajstić information content (AvgIpc) is 2.49. The van der Waals surface area contributed by atoms with Crippen LogP contribution >= 0.6 is 0 Å². The van der Waals surface area contributed by atoms with E-state index in [4.69, 9.17) is 4.74 Å². The third kappa shape index (κ3) is 2.05. The van der Waals surface area contributed by atoms with E-state index in [0.29, 0.717) is 19.4 Å². The fourth-order valence-corrected chi connectivity index (χ4v) is 1.57. The molecule has 0 aromatic rings. The van der Waals surface area contributed by atoms with Crippen molar-refractivity contribution in [2.75, 3.05) is 13.2 Å². The van der Waals surface area contributed by atoms with Crippen LogP contribution in [0.2, 0.25) is 0 Å². The van der Waals surface area contributed by atoms with Gasteiger partial charge in [0.25, 0.3) is 0 Å². The van der Waals surface area contributed by atoms with Crippen LogP contribution in [0.4, 0.5) is 0 Å². The minimum absolute atomic E-state index is 0.0625. The number of aliphatic hydroxyl groups is 1. The Morgan fingerprint density at radius 1 is 1.50 bits per heavy atom. The van der Waals surface area contributed by atoms with Crippen LogP contribution in [-0.2, 0) is 9.53 Å². The molecule has 0 unspecified atom stereocenters. The number of Topliss-reactive ketones (excluding diaryl/α,β-unsaturated/α-hetero) is 1. The summed E-state index contributed by atoms with van der Waals surface area (Å²) in [5.41, 5.74) is -1.06. The van der Waals surface area contributed by atoms with Crippen molar-refractivity contribution < 1.29 is 14.6 Å². The third-order valence-electron chi connectivity index (χ3n) is 2.39. The predicted molar refractivity (Wildman–Crippen MR) is 44.9 cm³/mol. The normalized spacial score (nSPS) is 21.2. The zero-order chi connectivity index (χ0) is 9.03. The maximum Gasteiger partial charge on any atom is 0.189 e. The molecule has 0 radical (unpaired) electrons. The molecule has 0 aliphatic heterocycles. The van der Waals surface area contributed by atoms with Gasteiger partial charge in [-0.15, -0.1) is 0 Å². The molecular formula is C9H16O3. The molecule has 70 valence electrons. The number of carbonyl (C=O) groups is 1. The van der Waals surface area contributed by atoms with Crippen molar-refractivity contribution in [3.63, 3.8) is 0 Å². The fraction of sp³-hybridized carbons (Fsp3) is 0.889. The van der Waals surface area contributed by atoms with E-state index in [-0.39, 0.29) is 12.4 Å². The van der Waals surface area contributed by atoms with E-state index in [1.54, 1.807) is 0 Å². The second kappa shape index (κ2) is 4.01. The highest BCUT2D eigenvalue weighted by Gasteiger charge is 2.38. The van der Waals surface area contributed by atoms with Crippen LogP contribution in [-0.4, -0.2) is 29.7 Å². The average molecular weight is 172 g/mol. The Morgan fingerprint density at radius 2 is 2.08 bits per heavy atom. The summed E-state index contributed by atoms with van der Waals surface area (Å²) in [7, 11) is 0. The Labute approximate surface area is 72.7 Å². The van der Waals surface area contributed by atoms with Gasteiger partial charge in [0.05, 0.1) is 0 Å². The van der Waals surface area contributed by atoms with Gasteiger partial charge in [-0.2, -0.15) is 0 Å². The first-order valence-electron chi connectivity index (χ1n) is 4.52. The van der Waals surface area contributed by atoms with Crippen LogP contribution in [0.1, 0.15) is 32.6 Å².